The van der Waals surface area contributed by atoms with Crippen molar-refractivity contribution in [3.05, 3.63) is 70.6 Å². The molecular weight excluding hydrogens is 484 g/mol. The number of likely N-dealkylation sites (N-methyl/N-ethyl adjacent to an activating group) is 1. The van der Waals surface area contributed by atoms with Gasteiger partial charge in [0, 0.05) is 29.8 Å². The summed E-state index contributed by atoms with van der Waals surface area (Å²) in [5.41, 5.74) is 7.52. The normalized spacial score (nSPS) is 13.6. The smallest absolute Gasteiger partial charge is 0.232 e. The zero-order valence-electron chi connectivity index (χ0n) is 21.5. The van der Waals surface area contributed by atoms with Gasteiger partial charge < -0.3 is 5.73 Å². The van der Waals surface area contributed by atoms with Crippen LogP contribution >= 0.6 is 0 Å². The van der Waals surface area contributed by atoms with Crippen LogP contribution in [-0.2, 0) is 11.2 Å². The minimum Gasteiger partial charge on any atom is -0.399 e. The van der Waals surface area contributed by atoms with E-state index in [0.29, 0.717) is 22.9 Å². The second-order valence-electron chi connectivity index (χ2n) is 8.91. The number of amides is 1. The van der Waals surface area contributed by atoms with Gasteiger partial charge in [-0.05, 0) is 37.5 Å². The zero-order valence-corrected chi connectivity index (χ0v) is 21.5. The standard InChI is InChI=1S/C26H26F4N4O.C2H6/c1-14-18(22(28)24(30)23(29)21(14)27)12-20(35)34(2)26-25(16-6-4-3-5-7-16)33-19(13-32-26)15-8-10-17(31)11-9-15;1-2/h8-11,13,16H,3-7,12,31H2,1-2H3;1-2H3. The van der Waals surface area contributed by atoms with Crippen molar-refractivity contribution in [3.8, 4) is 11.3 Å². The van der Waals surface area contributed by atoms with Gasteiger partial charge in [-0.2, -0.15) is 0 Å². The number of hydrogen-bond acceptors (Lipinski definition) is 4. The molecule has 1 aliphatic carbocycles. The molecule has 1 fully saturated rings. The van der Waals surface area contributed by atoms with E-state index in [1.165, 1.54) is 11.9 Å². The lowest BCUT2D eigenvalue weighted by molar-refractivity contribution is -0.117. The van der Waals surface area contributed by atoms with Gasteiger partial charge in [-0.25, -0.2) is 27.5 Å². The minimum absolute atomic E-state index is 0.0782. The fraction of sp³-hybridized carbons (Fsp3) is 0.393. The Morgan fingerprint density at radius 1 is 0.973 bits per heavy atom. The van der Waals surface area contributed by atoms with Gasteiger partial charge >= 0.3 is 0 Å². The van der Waals surface area contributed by atoms with E-state index in [2.05, 4.69) is 4.98 Å². The summed E-state index contributed by atoms with van der Waals surface area (Å²) < 4.78 is 55.7. The third kappa shape index (κ3) is 5.92. The Kier molecular flexibility index (Phi) is 9.23. The molecule has 3 aromatic rings. The highest BCUT2D eigenvalue weighted by atomic mass is 19.2. The second kappa shape index (κ2) is 12.2. The van der Waals surface area contributed by atoms with Crippen molar-refractivity contribution in [2.45, 2.75) is 65.2 Å². The van der Waals surface area contributed by atoms with E-state index in [4.69, 9.17) is 10.7 Å². The predicted molar refractivity (Wildman–Crippen MR) is 137 cm³/mol. The van der Waals surface area contributed by atoms with E-state index in [0.717, 1.165) is 44.6 Å². The maximum absolute atomic E-state index is 14.4. The molecular formula is C28H32F4N4O. The summed E-state index contributed by atoms with van der Waals surface area (Å²) in [6.45, 7) is 5.11. The Hall–Kier alpha value is -3.49. The van der Waals surface area contributed by atoms with Crippen LogP contribution in [0.1, 0.15) is 68.7 Å². The SMILES string of the molecule is CC.Cc1c(F)c(F)c(F)c(F)c1CC(=O)N(C)c1ncc(-c2ccc(N)cc2)nc1C1CCCCC1. The van der Waals surface area contributed by atoms with E-state index in [1.54, 1.807) is 18.3 Å². The lowest BCUT2D eigenvalue weighted by atomic mass is 9.86. The number of hydrogen-bond donors (Lipinski definition) is 1. The topological polar surface area (TPSA) is 72.1 Å². The summed E-state index contributed by atoms with van der Waals surface area (Å²) in [6, 6.07) is 7.20. The van der Waals surface area contributed by atoms with E-state index in [1.807, 2.05) is 26.0 Å². The van der Waals surface area contributed by atoms with Gasteiger partial charge in [0.15, 0.2) is 29.1 Å². The number of rotatable bonds is 5. The second-order valence-corrected chi connectivity index (χ2v) is 8.91. The van der Waals surface area contributed by atoms with Crippen LogP contribution in [-0.4, -0.2) is 22.9 Å². The molecule has 0 atom stereocenters. The number of nitrogens with zero attached hydrogens (tertiary/aromatic N) is 3. The molecule has 1 saturated carbocycles. The Balaban J connectivity index is 0.00000186. The monoisotopic (exact) mass is 516 g/mol. The highest BCUT2D eigenvalue weighted by molar-refractivity contribution is 5.94. The molecule has 0 saturated heterocycles. The minimum atomic E-state index is -1.94. The van der Waals surface area contributed by atoms with Crippen molar-refractivity contribution in [1.29, 1.82) is 0 Å². The predicted octanol–water partition coefficient (Wildman–Crippen LogP) is 6.87. The van der Waals surface area contributed by atoms with Gasteiger partial charge in [0.1, 0.15) is 0 Å². The van der Waals surface area contributed by atoms with E-state index in [-0.39, 0.29) is 5.92 Å². The largest absolute Gasteiger partial charge is 0.399 e. The number of benzene rings is 2. The van der Waals surface area contributed by atoms with Crippen molar-refractivity contribution in [1.82, 2.24) is 9.97 Å². The van der Waals surface area contributed by atoms with Crippen molar-refractivity contribution >= 4 is 17.4 Å². The van der Waals surface area contributed by atoms with Crippen LogP contribution in [0.4, 0.5) is 29.1 Å². The van der Waals surface area contributed by atoms with E-state index < -0.39 is 46.7 Å². The molecule has 2 aromatic carbocycles. The molecule has 0 aliphatic heterocycles. The first-order chi connectivity index (χ1) is 17.7. The van der Waals surface area contributed by atoms with Crippen molar-refractivity contribution in [2.24, 2.45) is 0 Å². The van der Waals surface area contributed by atoms with Crippen LogP contribution in [0.3, 0.4) is 0 Å². The highest BCUT2D eigenvalue weighted by Crippen LogP contribution is 2.37. The summed E-state index contributed by atoms with van der Waals surface area (Å²) in [5, 5.41) is 0. The molecule has 0 bridgehead atoms. The summed E-state index contributed by atoms with van der Waals surface area (Å²) in [5.74, 6) is -7.17. The maximum atomic E-state index is 14.4. The van der Waals surface area contributed by atoms with Gasteiger partial charge in [-0.1, -0.05) is 45.2 Å². The molecule has 1 heterocycles. The van der Waals surface area contributed by atoms with Gasteiger partial charge in [0.05, 0.1) is 24.0 Å². The van der Waals surface area contributed by atoms with Crippen LogP contribution in [0, 0.1) is 30.2 Å². The number of carbonyl (C=O) groups excluding carboxylic acids is 1. The average Bonchev–Trinajstić information content (AvgIpc) is 2.94. The number of carbonyl (C=O) groups is 1. The summed E-state index contributed by atoms with van der Waals surface area (Å²) in [4.78, 5) is 23.7. The molecule has 1 amide bonds. The number of halogens is 4. The summed E-state index contributed by atoms with van der Waals surface area (Å²) in [7, 11) is 1.46. The molecule has 5 nitrogen and oxygen atoms in total. The molecule has 0 spiro atoms. The molecule has 4 rings (SSSR count). The maximum Gasteiger partial charge on any atom is 0.232 e. The Morgan fingerprint density at radius 3 is 2.19 bits per heavy atom. The first kappa shape index (κ1) is 28.1. The van der Waals surface area contributed by atoms with Crippen LogP contribution in [0.2, 0.25) is 0 Å². The average molecular weight is 517 g/mol. The first-order valence-electron chi connectivity index (χ1n) is 12.5. The Bertz CT molecular complexity index is 1230. The third-order valence-corrected chi connectivity index (χ3v) is 6.62. The third-order valence-electron chi connectivity index (χ3n) is 6.62. The Morgan fingerprint density at radius 2 is 1.57 bits per heavy atom. The highest BCUT2D eigenvalue weighted by Gasteiger charge is 2.29. The van der Waals surface area contributed by atoms with Crippen LogP contribution < -0.4 is 10.6 Å². The van der Waals surface area contributed by atoms with Gasteiger partial charge in [0.25, 0.3) is 0 Å². The quantitative estimate of drug-likeness (QED) is 0.174. The fourth-order valence-electron chi connectivity index (χ4n) is 4.48. The first-order valence-corrected chi connectivity index (χ1v) is 12.5. The van der Waals surface area contributed by atoms with Gasteiger partial charge in [0.2, 0.25) is 5.91 Å². The molecule has 2 N–H and O–H groups in total. The molecule has 198 valence electrons. The molecule has 37 heavy (non-hydrogen) atoms. The molecule has 9 heteroatoms. The van der Waals surface area contributed by atoms with Crippen molar-refractivity contribution in [3.63, 3.8) is 0 Å². The molecule has 1 aromatic heterocycles. The van der Waals surface area contributed by atoms with Crippen molar-refractivity contribution < 1.29 is 22.4 Å². The number of anilines is 2. The van der Waals surface area contributed by atoms with Crippen molar-refractivity contribution in [2.75, 3.05) is 17.7 Å². The van der Waals surface area contributed by atoms with Gasteiger partial charge in [-0.3, -0.25) is 9.69 Å². The fourth-order valence-corrected chi connectivity index (χ4v) is 4.48. The number of nitrogen functional groups attached to an aromatic ring is 1. The molecule has 1 aliphatic rings. The van der Waals surface area contributed by atoms with Crippen LogP contribution in [0.5, 0.6) is 0 Å². The summed E-state index contributed by atoms with van der Waals surface area (Å²) >= 11 is 0. The number of nitrogens with two attached hydrogens (primary N) is 1. The van der Waals surface area contributed by atoms with Gasteiger partial charge in [-0.15, -0.1) is 0 Å². The molecule has 0 radical (unpaired) electrons. The van der Waals surface area contributed by atoms with E-state index in [9.17, 15) is 22.4 Å². The Labute approximate surface area is 214 Å². The lowest BCUT2D eigenvalue weighted by Gasteiger charge is -2.26. The van der Waals surface area contributed by atoms with Crippen LogP contribution in [0.25, 0.3) is 11.3 Å². The number of aromatic nitrogens is 2. The molecule has 0 unspecified atom stereocenters. The van der Waals surface area contributed by atoms with E-state index >= 15 is 0 Å². The van der Waals surface area contributed by atoms with Crippen LogP contribution in [0.15, 0.2) is 30.5 Å². The lowest BCUT2D eigenvalue weighted by Crippen LogP contribution is -2.31. The summed E-state index contributed by atoms with van der Waals surface area (Å²) in [6.07, 6.45) is 5.82. The zero-order chi connectivity index (χ0) is 27.3.